The van der Waals surface area contributed by atoms with Crippen LogP contribution in [0.25, 0.3) is 0 Å². The van der Waals surface area contributed by atoms with Crippen molar-refractivity contribution in [1.29, 1.82) is 0 Å². The molecule has 0 unspecified atom stereocenters. The van der Waals surface area contributed by atoms with Crippen LogP contribution in [0.5, 0.6) is 5.75 Å². The molecule has 0 aromatic heterocycles. The Hall–Kier alpha value is -2.53. The van der Waals surface area contributed by atoms with Gasteiger partial charge >= 0.3 is 5.97 Å². The Kier molecular flexibility index (Phi) is 6.83. The maximum Gasteiger partial charge on any atom is 0.328 e. The van der Waals surface area contributed by atoms with Gasteiger partial charge in [-0.05, 0) is 36.8 Å². The Morgan fingerprint density at radius 2 is 1.80 bits per heavy atom. The van der Waals surface area contributed by atoms with E-state index in [0.717, 1.165) is 11.3 Å². The summed E-state index contributed by atoms with van der Waals surface area (Å²) in [6, 6.07) is 13.4. The molecule has 6 heteroatoms. The van der Waals surface area contributed by atoms with E-state index in [9.17, 15) is 9.59 Å². The lowest BCUT2D eigenvalue weighted by Crippen LogP contribution is -2.39. The highest BCUT2D eigenvalue weighted by molar-refractivity contribution is 6.33. The van der Waals surface area contributed by atoms with Gasteiger partial charge in [-0.25, -0.2) is 4.79 Å². The van der Waals surface area contributed by atoms with E-state index in [0.29, 0.717) is 17.0 Å². The van der Waals surface area contributed by atoms with Gasteiger partial charge in [0.25, 0.3) is 5.91 Å². The Morgan fingerprint density at radius 3 is 2.44 bits per heavy atom. The van der Waals surface area contributed by atoms with Crippen LogP contribution in [0.3, 0.4) is 0 Å². The summed E-state index contributed by atoms with van der Waals surface area (Å²) in [5.74, 6) is -0.129. The smallest absolute Gasteiger partial charge is 0.328 e. The largest absolute Gasteiger partial charge is 0.497 e. The van der Waals surface area contributed by atoms with Gasteiger partial charge < -0.3 is 14.8 Å². The predicted octanol–water partition coefficient (Wildman–Crippen LogP) is 3.25. The van der Waals surface area contributed by atoms with Crippen LogP contribution in [0.4, 0.5) is 0 Å². The second kappa shape index (κ2) is 9.08. The van der Waals surface area contributed by atoms with E-state index in [-0.39, 0.29) is 6.61 Å². The Labute approximate surface area is 151 Å². The van der Waals surface area contributed by atoms with Crippen molar-refractivity contribution in [3.05, 3.63) is 64.7 Å². The minimum atomic E-state index is -0.764. The molecule has 0 saturated heterocycles. The Morgan fingerprint density at radius 1 is 1.12 bits per heavy atom. The van der Waals surface area contributed by atoms with E-state index in [1.807, 2.05) is 24.3 Å². The number of rotatable bonds is 7. The molecular formula is C19H20ClNO4. The second-order valence-electron chi connectivity index (χ2n) is 5.44. The first-order valence-electron chi connectivity index (χ1n) is 7.86. The van der Waals surface area contributed by atoms with Crippen LogP contribution in [-0.2, 0) is 16.0 Å². The van der Waals surface area contributed by atoms with Crippen LogP contribution in [0.1, 0.15) is 22.8 Å². The monoisotopic (exact) mass is 361 g/mol. The Bertz CT molecular complexity index is 730. The number of hydrogen-bond acceptors (Lipinski definition) is 4. The molecule has 5 nitrogen and oxygen atoms in total. The number of esters is 1. The molecule has 0 fully saturated rings. The number of hydrogen-bond donors (Lipinski definition) is 1. The van der Waals surface area contributed by atoms with Crippen molar-refractivity contribution in [3.8, 4) is 5.75 Å². The van der Waals surface area contributed by atoms with Crippen LogP contribution >= 0.6 is 11.6 Å². The van der Waals surface area contributed by atoms with Crippen molar-refractivity contribution in [2.45, 2.75) is 19.4 Å². The molecule has 0 saturated carbocycles. The van der Waals surface area contributed by atoms with Crippen molar-refractivity contribution in [2.75, 3.05) is 13.7 Å². The molecule has 1 N–H and O–H groups in total. The fraction of sp³-hybridized carbons (Fsp3) is 0.263. The predicted molar refractivity (Wildman–Crippen MR) is 96.0 cm³/mol. The summed E-state index contributed by atoms with van der Waals surface area (Å²) in [6.07, 6.45) is 0.584. The first kappa shape index (κ1) is 18.8. The molecule has 132 valence electrons. The first-order valence-corrected chi connectivity index (χ1v) is 8.24. The van der Waals surface area contributed by atoms with Crippen molar-refractivity contribution < 1.29 is 19.1 Å². The third-order valence-electron chi connectivity index (χ3n) is 3.61. The van der Waals surface area contributed by atoms with Gasteiger partial charge in [0.1, 0.15) is 11.8 Å². The summed E-state index contributed by atoms with van der Waals surface area (Å²) in [6.45, 7) is 1.81. The molecule has 0 spiro atoms. The van der Waals surface area contributed by atoms with Crippen molar-refractivity contribution >= 4 is 23.5 Å². The number of ether oxygens (including phenoxy) is 2. The van der Waals surface area contributed by atoms with Crippen LogP contribution in [0, 0.1) is 0 Å². The molecule has 0 bridgehead atoms. The molecule has 25 heavy (non-hydrogen) atoms. The lowest BCUT2D eigenvalue weighted by atomic mass is 10.1. The molecule has 0 heterocycles. The number of methoxy groups -OCH3 is 1. The normalized spacial score (nSPS) is 11.5. The highest BCUT2D eigenvalue weighted by Gasteiger charge is 2.19. The minimum absolute atomic E-state index is 0.234. The maximum atomic E-state index is 12.1. The van der Waals surface area contributed by atoms with E-state index < -0.39 is 17.9 Å². The molecule has 2 aromatic carbocycles. The fourth-order valence-electron chi connectivity index (χ4n) is 2.17. The van der Waals surface area contributed by atoms with Gasteiger partial charge in [0.2, 0.25) is 0 Å². The van der Waals surface area contributed by atoms with Gasteiger partial charge in [0, 0.05) is 6.42 Å². The molecule has 0 radical (unpaired) electrons. The first-order chi connectivity index (χ1) is 12.0. The summed E-state index contributed by atoms with van der Waals surface area (Å²) in [7, 11) is 1.61. The lowest BCUT2D eigenvalue weighted by Gasteiger charge is -2.14. The summed E-state index contributed by atoms with van der Waals surface area (Å²) < 4.78 is 10.3. The molecule has 2 aromatic rings. The van der Waals surface area contributed by atoms with Crippen molar-refractivity contribution in [2.24, 2.45) is 0 Å². The van der Waals surface area contributed by atoms with E-state index in [1.54, 1.807) is 38.3 Å². The number of carbonyl (C=O) groups is 2. The second-order valence-corrected chi connectivity index (χ2v) is 5.85. The number of amides is 1. The molecule has 2 rings (SSSR count). The van der Waals surface area contributed by atoms with E-state index in [4.69, 9.17) is 21.1 Å². The zero-order valence-electron chi connectivity index (χ0n) is 14.1. The average molecular weight is 362 g/mol. The molecule has 0 aliphatic carbocycles. The SMILES string of the molecule is COc1ccc(CCOC(=O)[C@H](C)NC(=O)c2ccccc2Cl)cc1. The van der Waals surface area contributed by atoms with Crippen LogP contribution in [-0.4, -0.2) is 31.6 Å². The van der Waals surface area contributed by atoms with Crippen molar-refractivity contribution in [3.63, 3.8) is 0 Å². The number of halogens is 1. The highest BCUT2D eigenvalue weighted by Crippen LogP contribution is 2.15. The molecule has 1 atom stereocenters. The fourth-order valence-corrected chi connectivity index (χ4v) is 2.39. The summed E-state index contributed by atoms with van der Waals surface area (Å²) in [4.78, 5) is 24.1. The molecule has 0 aliphatic heterocycles. The topological polar surface area (TPSA) is 64.6 Å². The van der Waals surface area contributed by atoms with Gasteiger partial charge in [-0.2, -0.15) is 0 Å². The van der Waals surface area contributed by atoms with Crippen molar-refractivity contribution in [1.82, 2.24) is 5.32 Å². The van der Waals surface area contributed by atoms with Gasteiger partial charge in [-0.1, -0.05) is 35.9 Å². The van der Waals surface area contributed by atoms with Gasteiger partial charge in [0.05, 0.1) is 24.3 Å². The van der Waals surface area contributed by atoms with Crippen LogP contribution in [0.2, 0.25) is 5.02 Å². The highest BCUT2D eigenvalue weighted by atomic mass is 35.5. The van der Waals surface area contributed by atoms with Gasteiger partial charge in [0.15, 0.2) is 0 Å². The average Bonchev–Trinajstić information content (AvgIpc) is 2.62. The quantitative estimate of drug-likeness (QED) is 0.769. The molecule has 0 aliphatic rings. The summed E-state index contributed by atoms with van der Waals surface area (Å²) >= 11 is 5.97. The number of carbonyl (C=O) groups excluding carboxylic acids is 2. The van der Waals surface area contributed by atoms with Gasteiger partial charge in [-0.3, -0.25) is 4.79 Å². The van der Waals surface area contributed by atoms with E-state index in [2.05, 4.69) is 5.32 Å². The standard InChI is InChI=1S/C19H20ClNO4/c1-13(21-18(22)16-5-3-4-6-17(16)20)19(23)25-12-11-14-7-9-15(24-2)10-8-14/h3-10,13H,11-12H2,1-2H3,(H,21,22)/t13-/m0/s1. The van der Waals surface area contributed by atoms with E-state index >= 15 is 0 Å². The van der Waals surface area contributed by atoms with E-state index in [1.165, 1.54) is 0 Å². The zero-order chi connectivity index (χ0) is 18.2. The Balaban J connectivity index is 1.79. The third kappa shape index (κ3) is 5.50. The maximum absolute atomic E-state index is 12.1. The zero-order valence-corrected chi connectivity index (χ0v) is 14.9. The lowest BCUT2D eigenvalue weighted by molar-refractivity contribution is -0.145. The summed E-state index contributed by atoms with van der Waals surface area (Å²) in [5, 5.41) is 2.92. The summed E-state index contributed by atoms with van der Waals surface area (Å²) in [5.41, 5.74) is 1.35. The van der Waals surface area contributed by atoms with Crippen LogP contribution in [0.15, 0.2) is 48.5 Å². The number of nitrogens with one attached hydrogen (secondary N) is 1. The molecule has 1 amide bonds. The van der Waals surface area contributed by atoms with Gasteiger partial charge in [-0.15, -0.1) is 0 Å². The van der Waals surface area contributed by atoms with Crippen LogP contribution < -0.4 is 10.1 Å². The molecular weight excluding hydrogens is 342 g/mol. The third-order valence-corrected chi connectivity index (χ3v) is 3.94. The number of benzene rings is 2. The minimum Gasteiger partial charge on any atom is -0.497 e.